The number of rotatable bonds is 4. The van der Waals surface area contributed by atoms with E-state index in [9.17, 15) is 23.3 Å². The Balaban J connectivity index is 2.79. The van der Waals surface area contributed by atoms with Gasteiger partial charge in [-0.25, -0.2) is 8.42 Å². The molecule has 108 valence electrons. The van der Waals surface area contributed by atoms with Crippen molar-refractivity contribution in [1.82, 2.24) is 0 Å². The summed E-state index contributed by atoms with van der Waals surface area (Å²) >= 11 is 0. The van der Waals surface area contributed by atoms with Crippen LogP contribution in [0.1, 0.15) is 10.4 Å². The summed E-state index contributed by atoms with van der Waals surface area (Å²) in [4.78, 5) is 20.8. The topological polar surface area (TPSA) is 120 Å². The Morgan fingerprint density at radius 1 is 1.05 bits per heavy atom. The van der Waals surface area contributed by atoms with Gasteiger partial charge >= 0.3 is 5.69 Å². The number of para-hydroxylation sites is 1. The SMILES string of the molecule is NC(=O)c1cccc(S(=O)(=O)c2ccccc2)c1[N+](=O)[O-]. The Labute approximate surface area is 120 Å². The minimum atomic E-state index is -4.12. The van der Waals surface area contributed by atoms with Gasteiger partial charge < -0.3 is 5.73 Å². The fourth-order valence-corrected chi connectivity index (χ4v) is 3.32. The van der Waals surface area contributed by atoms with Crippen LogP contribution in [0.2, 0.25) is 0 Å². The van der Waals surface area contributed by atoms with Crippen molar-refractivity contribution in [2.45, 2.75) is 9.79 Å². The summed E-state index contributed by atoms with van der Waals surface area (Å²) in [5.74, 6) is -1.06. The summed E-state index contributed by atoms with van der Waals surface area (Å²) in [6.45, 7) is 0. The summed E-state index contributed by atoms with van der Waals surface area (Å²) < 4.78 is 25.0. The first-order chi connectivity index (χ1) is 9.85. The molecule has 1 amide bonds. The lowest BCUT2D eigenvalue weighted by atomic mass is 10.2. The molecular weight excluding hydrogens is 296 g/mol. The molecular formula is C13H10N2O5S. The molecule has 0 bridgehead atoms. The van der Waals surface area contributed by atoms with E-state index in [1.165, 1.54) is 30.3 Å². The number of amides is 1. The number of nitro benzene ring substituents is 1. The predicted octanol–water partition coefficient (Wildman–Crippen LogP) is 1.53. The number of sulfone groups is 1. The van der Waals surface area contributed by atoms with Crippen LogP contribution in [0, 0.1) is 10.1 Å². The van der Waals surface area contributed by atoms with Gasteiger partial charge in [0, 0.05) is 0 Å². The van der Waals surface area contributed by atoms with Crippen LogP contribution in [0.3, 0.4) is 0 Å². The van der Waals surface area contributed by atoms with Crippen molar-refractivity contribution in [2.24, 2.45) is 5.73 Å². The largest absolute Gasteiger partial charge is 0.365 e. The quantitative estimate of drug-likeness (QED) is 0.678. The number of benzene rings is 2. The molecule has 2 rings (SSSR count). The zero-order valence-electron chi connectivity index (χ0n) is 10.6. The van der Waals surface area contributed by atoms with Crippen molar-refractivity contribution in [3.63, 3.8) is 0 Å². The Morgan fingerprint density at radius 3 is 2.19 bits per heavy atom. The summed E-state index contributed by atoms with van der Waals surface area (Å²) in [7, 11) is -4.12. The van der Waals surface area contributed by atoms with Gasteiger partial charge in [0.15, 0.2) is 0 Å². The van der Waals surface area contributed by atoms with Crippen molar-refractivity contribution in [1.29, 1.82) is 0 Å². The molecule has 0 saturated carbocycles. The van der Waals surface area contributed by atoms with E-state index in [1.54, 1.807) is 6.07 Å². The molecule has 0 spiro atoms. The lowest BCUT2D eigenvalue weighted by Crippen LogP contribution is -2.16. The van der Waals surface area contributed by atoms with Crippen molar-refractivity contribution in [2.75, 3.05) is 0 Å². The Morgan fingerprint density at radius 2 is 1.67 bits per heavy atom. The summed E-state index contributed by atoms with van der Waals surface area (Å²) in [6.07, 6.45) is 0. The minimum Gasteiger partial charge on any atom is -0.365 e. The van der Waals surface area contributed by atoms with Crippen LogP contribution in [0.25, 0.3) is 0 Å². The standard InChI is InChI=1S/C13H10N2O5S/c14-13(16)10-7-4-8-11(12(10)15(17)18)21(19,20)9-5-2-1-3-6-9/h1-8H,(H2,14,16). The van der Waals surface area contributed by atoms with Crippen molar-refractivity contribution < 1.29 is 18.1 Å². The first kappa shape index (κ1) is 14.7. The molecule has 0 aromatic heterocycles. The lowest BCUT2D eigenvalue weighted by Gasteiger charge is -2.07. The molecule has 8 heteroatoms. The predicted molar refractivity (Wildman–Crippen MR) is 73.5 cm³/mol. The van der Waals surface area contributed by atoms with E-state index < -0.39 is 36.8 Å². The van der Waals surface area contributed by atoms with Gasteiger partial charge in [0.1, 0.15) is 10.5 Å². The molecule has 0 atom stereocenters. The van der Waals surface area contributed by atoms with Gasteiger partial charge in [0.2, 0.25) is 9.84 Å². The van der Waals surface area contributed by atoms with Crippen LogP contribution in [-0.4, -0.2) is 19.2 Å². The molecule has 0 heterocycles. The lowest BCUT2D eigenvalue weighted by molar-refractivity contribution is -0.388. The van der Waals surface area contributed by atoms with Gasteiger partial charge in [-0.15, -0.1) is 0 Å². The third-order valence-corrected chi connectivity index (χ3v) is 4.59. The zero-order valence-corrected chi connectivity index (χ0v) is 11.4. The van der Waals surface area contributed by atoms with E-state index in [0.29, 0.717) is 0 Å². The zero-order chi connectivity index (χ0) is 15.6. The molecule has 21 heavy (non-hydrogen) atoms. The first-order valence-corrected chi connectivity index (χ1v) is 7.21. The Hall–Kier alpha value is -2.74. The maximum Gasteiger partial charge on any atom is 0.301 e. The maximum absolute atomic E-state index is 12.5. The van der Waals surface area contributed by atoms with Crippen LogP contribution >= 0.6 is 0 Å². The van der Waals surface area contributed by atoms with Gasteiger partial charge in [0.05, 0.1) is 9.82 Å². The first-order valence-electron chi connectivity index (χ1n) is 5.73. The fraction of sp³-hybridized carbons (Fsp3) is 0. The molecule has 0 radical (unpaired) electrons. The monoisotopic (exact) mass is 306 g/mol. The molecule has 2 N–H and O–H groups in total. The molecule has 2 aromatic carbocycles. The van der Waals surface area contributed by atoms with Crippen LogP contribution in [0.15, 0.2) is 58.3 Å². The highest BCUT2D eigenvalue weighted by molar-refractivity contribution is 7.91. The van der Waals surface area contributed by atoms with Gasteiger partial charge in [-0.1, -0.05) is 24.3 Å². The second kappa shape index (κ2) is 5.33. The van der Waals surface area contributed by atoms with Crippen LogP contribution in [-0.2, 0) is 9.84 Å². The van der Waals surface area contributed by atoms with Crippen molar-refractivity contribution in [3.8, 4) is 0 Å². The fourth-order valence-electron chi connectivity index (χ4n) is 1.85. The number of carbonyl (C=O) groups is 1. The summed E-state index contributed by atoms with van der Waals surface area (Å²) in [5.41, 5.74) is 3.81. The molecule has 2 aromatic rings. The van der Waals surface area contributed by atoms with Gasteiger partial charge in [-0.05, 0) is 24.3 Å². The molecule has 0 saturated heterocycles. The number of primary amides is 1. The number of nitrogens with zero attached hydrogens (tertiary/aromatic N) is 1. The average Bonchev–Trinajstić information content (AvgIpc) is 2.47. The maximum atomic E-state index is 12.5. The Kier molecular flexibility index (Phi) is 3.72. The molecule has 7 nitrogen and oxygen atoms in total. The summed E-state index contributed by atoms with van der Waals surface area (Å²) in [5, 5.41) is 11.2. The number of nitro groups is 1. The van der Waals surface area contributed by atoms with Gasteiger partial charge in [-0.2, -0.15) is 0 Å². The van der Waals surface area contributed by atoms with Crippen molar-refractivity contribution in [3.05, 3.63) is 64.2 Å². The number of carbonyl (C=O) groups excluding carboxylic acids is 1. The molecule has 0 aliphatic heterocycles. The van der Waals surface area contributed by atoms with Crippen LogP contribution in [0.4, 0.5) is 5.69 Å². The van der Waals surface area contributed by atoms with E-state index in [-0.39, 0.29) is 4.90 Å². The molecule has 0 fully saturated rings. The van der Waals surface area contributed by atoms with E-state index in [0.717, 1.165) is 12.1 Å². The second-order valence-corrected chi connectivity index (χ2v) is 6.01. The highest BCUT2D eigenvalue weighted by atomic mass is 32.2. The highest BCUT2D eigenvalue weighted by Gasteiger charge is 2.31. The Bertz CT molecular complexity index is 816. The number of hydrogen-bond donors (Lipinski definition) is 1. The van der Waals surface area contributed by atoms with E-state index in [4.69, 9.17) is 5.73 Å². The third-order valence-electron chi connectivity index (χ3n) is 2.79. The average molecular weight is 306 g/mol. The number of nitrogens with two attached hydrogens (primary N) is 1. The second-order valence-electron chi connectivity index (χ2n) is 4.09. The highest BCUT2D eigenvalue weighted by Crippen LogP contribution is 2.31. The number of hydrogen-bond acceptors (Lipinski definition) is 5. The van der Waals surface area contributed by atoms with Crippen LogP contribution in [0.5, 0.6) is 0 Å². The molecule has 0 aliphatic carbocycles. The van der Waals surface area contributed by atoms with Gasteiger partial charge in [0.25, 0.3) is 5.91 Å². The van der Waals surface area contributed by atoms with Crippen molar-refractivity contribution >= 4 is 21.4 Å². The smallest absolute Gasteiger partial charge is 0.301 e. The normalized spacial score (nSPS) is 11.0. The van der Waals surface area contributed by atoms with E-state index in [1.807, 2.05) is 0 Å². The van der Waals surface area contributed by atoms with Gasteiger partial charge in [-0.3, -0.25) is 14.9 Å². The molecule has 0 aliphatic rings. The summed E-state index contributed by atoms with van der Waals surface area (Å²) in [6, 6.07) is 10.7. The molecule has 0 unspecified atom stereocenters. The van der Waals surface area contributed by atoms with Crippen LogP contribution < -0.4 is 5.73 Å². The van der Waals surface area contributed by atoms with E-state index >= 15 is 0 Å². The minimum absolute atomic E-state index is 0.102. The third kappa shape index (κ3) is 2.61. The van der Waals surface area contributed by atoms with E-state index in [2.05, 4.69) is 0 Å².